The van der Waals surface area contributed by atoms with Crippen LogP contribution in [0.4, 0.5) is 0 Å². The molecule has 0 aliphatic heterocycles. The van der Waals surface area contributed by atoms with Crippen LogP contribution in [-0.4, -0.2) is 0 Å². The third-order valence-electron chi connectivity index (χ3n) is 5.45. The van der Waals surface area contributed by atoms with Gasteiger partial charge >= 0.3 is 0 Å². The van der Waals surface area contributed by atoms with E-state index in [-0.39, 0.29) is 0 Å². The first kappa shape index (κ1) is 12.0. The summed E-state index contributed by atoms with van der Waals surface area (Å²) >= 11 is 0. The molecule has 1 saturated carbocycles. The molecule has 1 fully saturated rings. The molecule has 0 aromatic heterocycles. The van der Waals surface area contributed by atoms with Crippen molar-refractivity contribution in [3.63, 3.8) is 0 Å². The summed E-state index contributed by atoms with van der Waals surface area (Å²) < 4.78 is 0. The third-order valence-corrected chi connectivity index (χ3v) is 5.45. The van der Waals surface area contributed by atoms with Gasteiger partial charge in [-0.1, -0.05) is 72.8 Å². The van der Waals surface area contributed by atoms with Crippen molar-refractivity contribution in [3.05, 3.63) is 83.9 Å². The first-order valence-electron chi connectivity index (χ1n) is 7.65. The van der Waals surface area contributed by atoms with Gasteiger partial charge in [0.25, 0.3) is 0 Å². The summed E-state index contributed by atoms with van der Waals surface area (Å²) in [6.07, 6.45) is 10.1. The maximum Gasteiger partial charge on any atom is 0.0133 e. The van der Waals surface area contributed by atoms with Crippen LogP contribution in [0.25, 0.3) is 0 Å². The van der Waals surface area contributed by atoms with E-state index in [1.165, 1.54) is 36.8 Å². The van der Waals surface area contributed by atoms with Crippen molar-refractivity contribution < 1.29 is 0 Å². The minimum atomic E-state index is 0.303. The van der Waals surface area contributed by atoms with E-state index in [4.69, 9.17) is 0 Å². The highest BCUT2D eigenvalue weighted by atomic mass is 14.5. The van der Waals surface area contributed by atoms with Crippen molar-refractivity contribution >= 4 is 0 Å². The Morgan fingerprint density at radius 2 is 0.850 bits per heavy atom. The predicted octanol–water partition coefficient (Wildman–Crippen LogP) is 5.01. The second-order valence-corrected chi connectivity index (χ2v) is 6.38. The highest BCUT2D eigenvalue weighted by molar-refractivity contribution is 5.42. The lowest BCUT2D eigenvalue weighted by Crippen LogP contribution is -2.42. The molecule has 0 heteroatoms. The highest BCUT2D eigenvalue weighted by Gasteiger charge is 2.46. The Morgan fingerprint density at radius 3 is 1.15 bits per heavy atom. The summed E-state index contributed by atoms with van der Waals surface area (Å²) in [5, 5.41) is 0. The van der Waals surface area contributed by atoms with E-state index in [0.29, 0.717) is 10.8 Å². The smallest absolute Gasteiger partial charge is 0.0133 e. The van der Waals surface area contributed by atoms with E-state index in [2.05, 4.69) is 72.8 Å². The van der Waals surface area contributed by atoms with Gasteiger partial charge in [0.1, 0.15) is 0 Å². The molecule has 0 radical (unpaired) electrons. The standard InChI is InChI=1S/C20H20/c1-3-7-17(8-4-1)19-11-14-20(15-12-19,16-13-19)18-9-5-2-6-10-18/h1-11,14H,12-13,15-16H2. The molecule has 3 aliphatic carbocycles. The topological polar surface area (TPSA) is 0 Å². The Bertz CT molecular complexity index is 556. The lowest BCUT2D eigenvalue weighted by Gasteiger charge is -2.49. The van der Waals surface area contributed by atoms with E-state index >= 15 is 0 Å². The van der Waals surface area contributed by atoms with E-state index in [1.807, 2.05) is 0 Å². The molecule has 0 spiro atoms. The SMILES string of the molecule is C1=CC2(c3ccccc3)CCC1(c1ccccc1)CC2. The quantitative estimate of drug-likeness (QED) is 0.666. The summed E-state index contributed by atoms with van der Waals surface area (Å²) in [5.41, 5.74) is 3.60. The van der Waals surface area contributed by atoms with Crippen molar-refractivity contribution in [2.75, 3.05) is 0 Å². The molecule has 0 atom stereocenters. The Balaban J connectivity index is 1.74. The van der Waals surface area contributed by atoms with E-state index in [1.54, 1.807) is 0 Å². The molecule has 0 heterocycles. The normalized spacial score (nSPS) is 31.4. The number of rotatable bonds is 2. The van der Waals surface area contributed by atoms with Crippen molar-refractivity contribution in [1.29, 1.82) is 0 Å². The molecule has 5 rings (SSSR count). The lowest BCUT2D eigenvalue weighted by atomic mass is 9.54. The first-order valence-corrected chi connectivity index (χ1v) is 7.65. The van der Waals surface area contributed by atoms with Crippen LogP contribution >= 0.6 is 0 Å². The number of allylic oxidation sites excluding steroid dienone is 2. The summed E-state index contributed by atoms with van der Waals surface area (Å²) in [6, 6.07) is 22.1. The van der Waals surface area contributed by atoms with Gasteiger partial charge in [0.05, 0.1) is 0 Å². The summed E-state index contributed by atoms with van der Waals surface area (Å²) in [5.74, 6) is 0. The van der Waals surface area contributed by atoms with Crippen molar-refractivity contribution in [3.8, 4) is 0 Å². The largest absolute Gasteiger partial charge is 0.0771 e. The number of benzene rings is 2. The van der Waals surface area contributed by atoms with Crippen LogP contribution in [-0.2, 0) is 10.8 Å². The monoisotopic (exact) mass is 260 g/mol. The van der Waals surface area contributed by atoms with E-state index < -0.39 is 0 Å². The molecule has 2 bridgehead atoms. The Morgan fingerprint density at radius 1 is 0.500 bits per heavy atom. The zero-order valence-electron chi connectivity index (χ0n) is 11.8. The molecular weight excluding hydrogens is 240 g/mol. The average molecular weight is 260 g/mol. The van der Waals surface area contributed by atoms with Gasteiger partial charge in [-0.05, 0) is 36.8 Å². The van der Waals surface area contributed by atoms with E-state index in [9.17, 15) is 0 Å². The molecule has 3 aliphatic rings. The van der Waals surface area contributed by atoms with E-state index in [0.717, 1.165) is 0 Å². The second-order valence-electron chi connectivity index (χ2n) is 6.38. The van der Waals surface area contributed by atoms with Gasteiger partial charge in [0.2, 0.25) is 0 Å². The van der Waals surface area contributed by atoms with Gasteiger partial charge in [-0.15, -0.1) is 0 Å². The van der Waals surface area contributed by atoms with Gasteiger partial charge in [-0.2, -0.15) is 0 Å². The molecular formula is C20H20. The molecule has 20 heavy (non-hydrogen) atoms. The number of hydrogen-bond donors (Lipinski definition) is 0. The average Bonchev–Trinajstić information content (AvgIpc) is 2.58. The maximum atomic E-state index is 2.50. The minimum Gasteiger partial charge on any atom is -0.0771 e. The molecule has 0 amide bonds. The molecule has 0 N–H and O–H groups in total. The van der Waals surface area contributed by atoms with Crippen LogP contribution in [0.3, 0.4) is 0 Å². The molecule has 0 nitrogen and oxygen atoms in total. The zero-order valence-corrected chi connectivity index (χ0v) is 11.8. The molecule has 0 saturated heterocycles. The fourth-order valence-electron chi connectivity index (χ4n) is 4.10. The van der Waals surface area contributed by atoms with Crippen molar-refractivity contribution in [2.24, 2.45) is 0 Å². The predicted molar refractivity (Wildman–Crippen MR) is 83.8 cm³/mol. The Labute approximate surface area is 121 Å². The number of hydrogen-bond acceptors (Lipinski definition) is 0. The summed E-state index contributed by atoms with van der Waals surface area (Å²) in [4.78, 5) is 0. The molecule has 2 aromatic rings. The maximum absolute atomic E-state index is 2.50. The van der Waals surface area contributed by atoms with Crippen LogP contribution in [0.5, 0.6) is 0 Å². The lowest BCUT2D eigenvalue weighted by molar-refractivity contribution is 0.244. The molecule has 100 valence electrons. The fourth-order valence-corrected chi connectivity index (χ4v) is 4.10. The second kappa shape index (κ2) is 4.34. The zero-order chi connectivity index (χ0) is 13.5. The van der Waals surface area contributed by atoms with Gasteiger partial charge in [-0.3, -0.25) is 0 Å². The summed E-state index contributed by atoms with van der Waals surface area (Å²) in [6.45, 7) is 0. The van der Waals surface area contributed by atoms with Crippen molar-refractivity contribution in [2.45, 2.75) is 36.5 Å². The van der Waals surface area contributed by atoms with Crippen LogP contribution < -0.4 is 0 Å². The third kappa shape index (κ3) is 1.67. The number of fused-ring (bicyclic) bond motifs is 2. The summed E-state index contributed by atoms with van der Waals surface area (Å²) in [7, 11) is 0. The van der Waals surface area contributed by atoms with Crippen LogP contribution in [0.1, 0.15) is 36.8 Å². The van der Waals surface area contributed by atoms with Crippen LogP contribution in [0, 0.1) is 0 Å². The van der Waals surface area contributed by atoms with Gasteiger partial charge in [-0.25, -0.2) is 0 Å². The van der Waals surface area contributed by atoms with Gasteiger partial charge < -0.3 is 0 Å². The molecule has 2 aromatic carbocycles. The van der Waals surface area contributed by atoms with Crippen LogP contribution in [0.2, 0.25) is 0 Å². The van der Waals surface area contributed by atoms with Crippen molar-refractivity contribution in [1.82, 2.24) is 0 Å². The fraction of sp³-hybridized carbons (Fsp3) is 0.300. The Hall–Kier alpha value is -1.82. The minimum absolute atomic E-state index is 0.303. The first-order chi connectivity index (χ1) is 9.83. The molecule has 0 unspecified atom stereocenters. The van der Waals surface area contributed by atoms with Crippen LogP contribution in [0.15, 0.2) is 72.8 Å². The van der Waals surface area contributed by atoms with Gasteiger partial charge in [0.15, 0.2) is 0 Å². The van der Waals surface area contributed by atoms with Gasteiger partial charge in [0, 0.05) is 10.8 Å². The Kier molecular flexibility index (Phi) is 2.60. The highest BCUT2D eigenvalue weighted by Crippen LogP contribution is 2.54.